The van der Waals surface area contributed by atoms with Crippen LogP contribution in [0.2, 0.25) is 0 Å². The first-order valence-corrected chi connectivity index (χ1v) is 29.8. The van der Waals surface area contributed by atoms with Gasteiger partial charge >= 0.3 is 0 Å². The zero-order valence-electron chi connectivity index (χ0n) is 47.3. The van der Waals surface area contributed by atoms with E-state index in [4.69, 9.17) is 14.7 Å². The molecular formula is C72H71N7OS+2. The number of aromatic amines is 2. The number of quaternary nitrogens is 2. The van der Waals surface area contributed by atoms with E-state index in [1.165, 1.54) is 83.5 Å². The van der Waals surface area contributed by atoms with Crippen molar-refractivity contribution in [2.24, 2.45) is 0 Å². The molecule has 1 fully saturated rings. The minimum atomic E-state index is 0.691. The van der Waals surface area contributed by atoms with Crippen LogP contribution in [0.4, 0.5) is 11.4 Å². The molecule has 6 aromatic carbocycles. The molecule has 81 heavy (non-hydrogen) atoms. The van der Waals surface area contributed by atoms with Gasteiger partial charge in [0, 0.05) is 67.1 Å². The summed E-state index contributed by atoms with van der Waals surface area (Å²) in [6.45, 7) is 15.4. The number of anilines is 2. The number of ether oxygens (including phenoxy) is 1. The van der Waals surface area contributed by atoms with Crippen molar-refractivity contribution in [2.45, 2.75) is 49.8 Å². The van der Waals surface area contributed by atoms with E-state index in [2.05, 4.69) is 244 Å². The van der Waals surface area contributed by atoms with Gasteiger partial charge in [-0.1, -0.05) is 138 Å². The zero-order valence-corrected chi connectivity index (χ0v) is 48.1. The summed E-state index contributed by atoms with van der Waals surface area (Å²) in [4.78, 5) is 24.1. The van der Waals surface area contributed by atoms with Gasteiger partial charge in [-0.05, 0) is 141 Å². The fourth-order valence-corrected chi connectivity index (χ4v) is 13.4. The van der Waals surface area contributed by atoms with Gasteiger partial charge < -0.3 is 28.6 Å². The van der Waals surface area contributed by atoms with Gasteiger partial charge in [0.1, 0.15) is 31.9 Å². The quantitative estimate of drug-likeness (QED) is 0.0839. The predicted molar refractivity (Wildman–Crippen MR) is 340 cm³/mol. The van der Waals surface area contributed by atoms with Crippen LogP contribution in [0.3, 0.4) is 0 Å². The lowest BCUT2D eigenvalue weighted by Crippen LogP contribution is -2.64. The van der Waals surface area contributed by atoms with Crippen LogP contribution in [0, 0.1) is 20.8 Å². The number of aryl methyl sites for hydroxylation is 3. The van der Waals surface area contributed by atoms with Gasteiger partial charge in [0.15, 0.2) is 0 Å². The van der Waals surface area contributed by atoms with E-state index in [-0.39, 0.29) is 0 Å². The maximum atomic E-state index is 6.50. The lowest BCUT2D eigenvalue weighted by Gasteiger charge is -2.46. The summed E-state index contributed by atoms with van der Waals surface area (Å²) in [5.41, 5.74) is 22.3. The second kappa shape index (κ2) is 22.0. The predicted octanol–water partition coefficient (Wildman–Crippen LogP) is 17.0. The summed E-state index contributed by atoms with van der Waals surface area (Å²) in [5.74, 6) is 0.880. The lowest BCUT2D eigenvalue weighted by molar-refractivity contribution is -1.02. The maximum absolute atomic E-state index is 6.50. The Balaban J connectivity index is 0.757. The summed E-state index contributed by atoms with van der Waals surface area (Å²) in [6.07, 6.45) is 12.0. The molecule has 0 saturated carbocycles. The van der Waals surface area contributed by atoms with E-state index >= 15 is 0 Å². The monoisotopic (exact) mass is 1080 g/mol. The molecule has 9 aromatic rings. The van der Waals surface area contributed by atoms with E-state index in [0.29, 0.717) is 6.61 Å². The molecule has 404 valence electrons. The highest BCUT2D eigenvalue weighted by Gasteiger charge is 2.37. The maximum Gasteiger partial charge on any atom is 0.128 e. The summed E-state index contributed by atoms with van der Waals surface area (Å²) in [7, 11) is 4.96. The number of nitrogens with one attached hydrogen (secondary N) is 2. The van der Waals surface area contributed by atoms with Crippen molar-refractivity contribution in [1.82, 2.24) is 19.9 Å². The summed E-state index contributed by atoms with van der Waals surface area (Å²) in [5, 5.41) is 0. The van der Waals surface area contributed by atoms with Crippen molar-refractivity contribution in [3.8, 4) is 50.3 Å². The first-order chi connectivity index (χ1) is 39.5. The van der Waals surface area contributed by atoms with Gasteiger partial charge in [-0.25, -0.2) is 9.97 Å². The fraction of sp³-hybridized carbons (Fsp3) is 0.222. The number of benzene rings is 6. The number of hydrogen-bond acceptors (Lipinski definition) is 5. The largest absolute Gasteiger partial charge is 0.494 e. The van der Waals surface area contributed by atoms with Gasteiger partial charge in [0.05, 0.1) is 67.9 Å². The van der Waals surface area contributed by atoms with E-state index in [0.717, 1.165) is 123 Å². The van der Waals surface area contributed by atoms with Gasteiger partial charge in [0.25, 0.3) is 0 Å². The van der Waals surface area contributed by atoms with Crippen LogP contribution in [-0.4, -0.2) is 95.4 Å². The van der Waals surface area contributed by atoms with E-state index in [1.807, 2.05) is 11.8 Å². The molecule has 8 bridgehead atoms. The van der Waals surface area contributed by atoms with Crippen molar-refractivity contribution in [3.05, 3.63) is 209 Å². The Morgan fingerprint density at radius 2 is 0.790 bits per heavy atom. The minimum Gasteiger partial charge on any atom is -0.494 e. The van der Waals surface area contributed by atoms with Crippen molar-refractivity contribution in [3.63, 3.8) is 0 Å². The number of fused-ring (bicyclic) bond motifs is 10. The molecule has 8 nitrogen and oxygen atoms in total. The molecule has 7 heterocycles. The smallest absolute Gasteiger partial charge is 0.128 e. The van der Waals surface area contributed by atoms with Crippen molar-refractivity contribution in [1.29, 1.82) is 0 Å². The SMILES string of the molecule is Cc1ccc(-c2c3nc(c(-c4ccc(C)cc4)c4ccc([nH]4)c(-c4ccc(OCCCC[N+]5(C)CC[N+](C)(CCCN6c7ccccc7Sc7ccccc76)CC5)cc4)c4nc(c(-c5ccc(C)cc5)c5ccc2[nH]5)C=C4)C=C3)cc1. The number of aromatic nitrogens is 4. The molecule has 4 aliphatic rings. The third kappa shape index (κ3) is 10.8. The molecule has 0 spiro atoms. The topological polar surface area (TPSA) is 69.8 Å². The van der Waals surface area contributed by atoms with Crippen molar-refractivity contribution >= 4 is 69.5 Å². The molecule has 4 aliphatic heterocycles. The van der Waals surface area contributed by atoms with Crippen molar-refractivity contribution < 1.29 is 13.7 Å². The summed E-state index contributed by atoms with van der Waals surface area (Å²) >= 11 is 1.89. The molecule has 1 saturated heterocycles. The van der Waals surface area contributed by atoms with Gasteiger partial charge in [-0.3, -0.25) is 0 Å². The molecule has 9 heteroatoms. The highest BCUT2D eigenvalue weighted by Crippen LogP contribution is 2.48. The molecular weight excluding hydrogens is 1010 g/mol. The zero-order chi connectivity index (χ0) is 55.1. The Morgan fingerprint density at radius 3 is 1.19 bits per heavy atom. The molecule has 2 N–H and O–H groups in total. The number of H-pyrrole nitrogens is 2. The van der Waals surface area contributed by atoms with Gasteiger partial charge in [-0.15, -0.1) is 0 Å². The minimum absolute atomic E-state index is 0.691. The van der Waals surface area contributed by atoms with Crippen LogP contribution in [0.15, 0.2) is 180 Å². The summed E-state index contributed by atoms with van der Waals surface area (Å²) < 4.78 is 8.80. The highest BCUT2D eigenvalue weighted by molar-refractivity contribution is 7.99. The molecule has 0 radical (unpaired) electrons. The van der Waals surface area contributed by atoms with E-state index in [9.17, 15) is 0 Å². The van der Waals surface area contributed by atoms with Gasteiger partial charge in [-0.2, -0.15) is 0 Å². The highest BCUT2D eigenvalue weighted by atomic mass is 32.2. The standard InChI is InChI=1S/C72H71N7OS/c1-49-17-23-52(24-18-49)69-57-33-35-59(73-57)70(53-25-19-50(2)20-26-53)61-37-39-63(75-61)72(64-40-38-62(76-64)71(60-36-34-58(69)74-60)54-27-21-51(3)22-28-54)55-29-31-56(32-30-55)80-48-11-10-42-78(4)44-46-79(5,47-45-78)43-12-41-77-65-13-6-8-15-67(65)81-68-16-9-7-14-66(68)77/h6-9,13-40,73,76H,10-12,41-48H2,1-5H3/q+2. The Hall–Kier alpha value is -8.21. The molecule has 3 aromatic heterocycles. The second-order valence-electron chi connectivity index (χ2n) is 23.3. The van der Waals surface area contributed by atoms with Crippen molar-refractivity contribution in [2.75, 3.05) is 71.4 Å². The third-order valence-electron chi connectivity index (χ3n) is 17.2. The normalized spacial score (nSPS) is 17.3. The van der Waals surface area contributed by atoms with E-state index in [1.54, 1.807) is 0 Å². The average molecular weight is 1080 g/mol. The molecule has 0 aliphatic carbocycles. The Morgan fingerprint density at radius 1 is 0.432 bits per heavy atom. The number of para-hydroxylation sites is 2. The number of piperazine rings is 1. The third-order valence-corrected chi connectivity index (χ3v) is 18.4. The Labute approximate surface area is 481 Å². The number of rotatable bonds is 14. The van der Waals surface area contributed by atoms with Crippen LogP contribution in [0.1, 0.15) is 58.7 Å². The number of likely N-dealkylation sites (N-methyl/N-ethyl adjacent to an activating group) is 2. The molecule has 0 unspecified atom stereocenters. The number of unbranched alkanes of at least 4 members (excludes halogenated alkanes) is 1. The average Bonchev–Trinajstić information content (AvgIpc) is 4.51. The molecule has 13 rings (SSSR count). The first-order valence-electron chi connectivity index (χ1n) is 28.9. The van der Waals surface area contributed by atoms with Crippen LogP contribution in [0.5, 0.6) is 5.75 Å². The number of nitrogens with zero attached hydrogens (tertiary/aromatic N) is 5. The Kier molecular flexibility index (Phi) is 14.2. The van der Waals surface area contributed by atoms with Crippen LogP contribution >= 0.6 is 11.8 Å². The Bertz CT molecular complexity index is 3940. The second-order valence-corrected chi connectivity index (χ2v) is 24.4. The number of hydrogen-bond donors (Lipinski definition) is 2. The molecule has 0 amide bonds. The molecule has 0 atom stereocenters. The van der Waals surface area contributed by atoms with Gasteiger partial charge in [0.2, 0.25) is 0 Å². The van der Waals surface area contributed by atoms with Crippen LogP contribution < -0.4 is 9.64 Å². The van der Waals surface area contributed by atoms with E-state index < -0.39 is 0 Å². The summed E-state index contributed by atoms with van der Waals surface area (Å²) in [6, 6.07) is 61.5. The van der Waals surface area contributed by atoms with Crippen LogP contribution in [0.25, 0.3) is 90.9 Å². The van der Waals surface area contributed by atoms with Crippen LogP contribution in [-0.2, 0) is 0 Å². The fourth-order valence-electron chi connectivity index (χ4n) is 12.4. The first kappa shape index (κ1) is 52.2. The lowest BCUT2D eigenvalue weighted by atomic mass is 10.0.